The molecule has 0 atom stereocenters. The number of rotatable bonds is 6. The molecular formula is C21H30FN3O4. The van der Waals surface area contributed by atoms with Gasteiger partial charge in [0.25, 0.3) is 5.69 Å². The number of nitro benzene ring substituents is 1. The first-order valence-electron chi connectivity index (χ1n) is 10.4. The maximum Gasteiger partial charge on any atom is 0.309 e. The van der Waals surface area contributed by atoms with Crippen LogP contribution in [-0.4, -0.2) is 54.6 Å². The lowest BCUT2D eigenvalue weighted by molar-refractivity contribution is -0.385. The molecule has 0 spiro atoms. The van der Waals surface area contributed by atoms with Gasteiger partial charge in [0.05, 0.1) is 29.2 Å². The number of non-ortho nitro benzene ring substituents is 1. The number of hydrogen-bond donors (Lipinski definition) is 0. The molecule has 29 heavy (non-hydrogen) atoms. The normalized spacial score (nSPS) is 19.5. The second-order valence-corrected chi connectivity index (χ2v) is 8.45. The molecule has 0 aromatic heterocycles. The van der Waals surface area contributed by atoms with E-state index in [0.29, 0.717) is 24.3 Å². The molecule has 2 fully saturated rings. The molecule has 8 heteroatoms. The highest BCUT2D eigenvalue weighted by Gasteiger charge is 2.32. The van der Waals surface area contributed by atoms with Crippen LogP contribution in [0.2, 0.25) is 0 Å². The minimum atomic E-state index is -0.582. The average Bonchev–Trinajstić information content (AvgIpc) is 2.72. The van der Waals surface area contributed by atoms with Crippen LogP contribution in [0.1, 0.15) is 39.5 Å². The summed E-state index contributed by atoms with van der Waals surface area (Å²) in [6.45, 7) is 7.76. The van der Waals surface area contributed by atoms with Crippen LogP contribution in [0.15, 0.2) is 18.2 Å². The van der Waals surface area contributed by atoms with E-state index in [1.807, 2.05) is 18.7 Å². The Morgan fingerprint density at radius 2 is 1.86 bits per heavy atom. The molecule has 2 saturated heterocycles. The zero-order valence-corrected chi connectivity index (χ0v) is 17.2. The first-order chi connectivity index (χ1) is 13.8. The van der Waals surface area contributed by atoms with Crippen molar-refractivity contribution in [2.45, 2.75) is 45.6 Å². The molecule has 3 rings (SSSR count). The van der Waals surface area contributed by atoms with Crippen molar-refractivity contribution < 1.29 is 18.8 Å². The lowest BCUT2D eigenvalue weighted by atomic mass is 9.93. The first-order valence-corrected chi connectivity index (χ1v) is 10.4. The maximum atomic E-state index is 14.3. The molecule has 160 valence electrons. The highest BCUT2D eigenvalue weighted by molar-refractivity contribution is 5.72. The predicted octanol–water partition coefficient (Wildman–Crippen LogP) is 3.61. The fraction of sp³-hybridized carbons (Fsp3) is 0.667. The fourth-order valence-electron chi connectivity index (χ4n) is 4.20. The van der Waals surface area contributed by atoms with Gasteiger partial charge < -0.3 is 14.5 Å². The summed E-state index contributed by atoms with van der Waals surface area (Å²) >= 11 is 0. The van der Waals surface area contributed by atoms with Gasteiger partial charge in [-0.3, -0.25) is 14.9 Å². The van der Waals surface area contributed by atoms with Crippen molar-refractivity contribution in [2.24, 2.45) is 11.8 Å². The zero-order valence-electron chi connectivity index (χ0n) is 17.2. The second-order valence-electron chi connectivity index (χ2n) is 8.45. The Bertz CT molecular complexity index is 727. The van der Waals surface area contributed by atoms with Crippen molar-refractivity contribution in [3.8, 4) is 0 Å². The third kappa shape index (κ3) is 5.44. The monoisotopic (exact) mass is 407 g/mol. The molecule has 2 aliphatic heterocycles. The van der Waals surface area contributed by atoms with Gasteiger partial charge in [0, 0.05) is 25.2 Å². The molecule has 2 heterocycles. The van der Waals surface area contributed by atoms with Crippen molar-refractivity contribution in [2.75, 3.05) is 37.7 Å². The van der Waals surface area contributed by atoms with Gasteiger partial charge >= 0.3 is 5.97 Å². The van der Waals surface area contributed by atoms with Gasteiger partial charge in [0.15, 0.2) is 5.82 Å². The fourth-order valence-corrected chi connectivity index (χ4v) is 4.20. The minimum Gasteiger partial charge on any atom is -0.465 e. The van der Waals surface area contributed by atoms with Crippen LogP contribution in [0.3, 0.4) is 0 Å². The van der Waals surface area contributed by atoms with Crippen LogP contribution in [0.5, 0.6) is 0 Å². The highest BCUT2D eigenvalue weighted by Crippen LogP contribution is 2.29. The van der Waals surface area contributed by atoms with Crippen molar-refractivity contribution in [3.63, 3.8) is 0 Å². The number of ether oxygens (including phenoxy) is 1. The van der Waals surface area contributed by atoms with Crippen LogP contribution in [0, 0.1) is 27.8 Å². The number of carbonyl (C=O) groups excluding carboxylic acids is 1. The van der Waals surface area contributed by atoms with Crippen LogP contribution >= 0.6 is 0 Å². The number of hydrogen-bond acceptors (Lipinski definition) is 6. The Balaban J connectivity index is 1.47. The number of nitrogens with zero attached hydrogens (tertiary/aromatic N) is 3. The van der Waals surface area contributed by atoms with E-state index in [9.17, 15) is 19.3 Å². The van der Waals surface area contributed by atoms with E-state index in [-0.39, 0.29) is 17.6 Å². The van der Waals surface area contributed by atoms with E-state index in [0.717, 1.165) is 57.9 Å². The van der Waals surface area contributed by atoms with Crippen LogP contribution in [0.25, 0.3) is 0 Å². The minimum absolute atomic E-state index is 0.000653. The quantitative estimate of drug-likeness (QED) is 0.407. The van der Waals surface area contributed by atoms with Crippen molar-refractivity contribution in [1.82, 2.24) is 4.90 Å². The molecule has 0 N–H and O–H groups in total. The van der Waals surface area contributed by atoms with Gasteiger partial charge in [-0.25, -0.2) is 4.39 Å². The number of benzene rings is 1. The molecule has 0 amide bonds. The van der Waals surface area contributed by atoms with E-state index in [1.54, 1.807) is 0 Å². The van der Waals surface area contributed by atoms with E-state index < -0.39 is 10.7 Å². The molecule has 1 aromatic rings. The van der Waals surface area contributed by atoms with E-state index >= 15 is 0 Å². The highest BCUT2D eigenvalue weighted by atomic mass is 19.1. The molecule has 1 aromatic carbocycles. The molecule has 0 aliphatic carbocycles. The Labute approximate surface area is 171 Å². The van der Waals surface area contributed by atoms with Crippen LogP contribution in [-0.2, 0) is 9.53 Å². The van der Waals surface area contributed by atoms with Crippen molar-refractivity contribution in [1.29, 1.82) is 0 Å². The summed E-state index contributed by atoms with van der Waals surface area (Å²) < 4.78 is 19.7. The summed E-state index contributed by atoms with van der Waals surface area (Å²) in [5.41, 5.74) is 0.205. The summed E-state index contributed by atoms with van der Waals surface area (Å²) in [5.74, 6) is -0.260. The number of nitro groups is 1. The summed E-state index contributed by atoms with van der Waals surface area (Å²) in [6.07, 6.45) is 3.49. The Hall–Kier alpha value is -2.22. The number of likely N-dealkylation sites (tertiary alicyclic amines) is 1. The lowest BCUT2D eigenvalue weighted by Gasteiger charge is -2.42. The first kappa shape index (κ1) is 21.5. The maximum absolute atomic E-state index is 14.3. The zero-order chi connectivity index (χ0) is 21.0. The topological polar surface area (TPSA) is 75.9 Å². The van der Waals surface area contributed by atoms with Crippen LogP contribution in [0.4, 0.5) is 15.8 Å². The van der Waals surface area contributed by atoms with E-state index in [4.69, 9.17) is 4.74 Å². The second kappa shape index (κ2) is 9.52. The third-order valence-corrected chi connectivity index (χ3v) is 5.89. The SMILES string of the molecule is CC(C)COC(=O)C1CCN(C2CCN(c3ccc([N+](=O)[O-])cc3F)CC2)CC1. The summed E-state index contributed by atoms with van der Waals surface area (Å²) in [7, 11) is 0. The van der Waals surface area contributed by atoms with Crippen molar-refractivity contribution >= 4 is 17.3 Å². The Kier molecular flexibility index (Phi) is 7.05. The van der Waals surface area contributed by atoms with Gasteiger partial charge in [0.1, 0.15) is 0 Å². The summed E-state index contributed by atoms with van der Waals surface area (Å²) in [6, 6.07) is 4.28. The number of carbonyl (C=O) groups is 1. The average molecular weight is 407 g/mol. The molecule has 0 radical (unpaired) electrons. The molecule has 0 saturated carbocycles. The van der Waals surface area contributed by atoms with Gasteiger partial charge in [0.2, 0.25) is 0 Å². The molecule has 0 unspecified atom stereocenters. The number of piperidine rings is 2. The Morgan fingerprint density at radius 3 is 2.41 bits per heavy atom. The third-order valence-electron chi connectivity index (χ3n) is 5.89. The molecule has 7 nitrogen and oxygen atoms in total. The molecule has 2 aliphatic rings. The number of anilines is 1. The van der Waals surface area contributed by atoms with Crippen LogP contribution < -0.4 is 4.90 Å². The largest absolute Gasteiger partial charge is 0.465 e. The summed E-state index contributed by atoms with van der Waals surface area (Å²) in [5, 5.41) is 10.8. The molecule has 0 bridgehead atoms. The van der Waals surface area contributed by atoms with Gasteiger partial charge in [-0.05, 0) is 50.8 Å². The number of esters is 1. The van der Waals surface area contributed by atoms with E-state index in [2.05, 4.69) is 4.90 Å². The predicted molar refractivity (Wildman–Crippen MR) is 108 cm³/mol. The lowest BCUT2D eigenvalue weighted by Crippen LogP contribution is -2.48. The van der Waals surface area contributed by atoms with Gasteiger partial charge in [-0.15, -0.1) is 0 Å². The smallest absolute Gasteiger partial charge is 0.309 e. The molecular weight excluding hydrogens is 377 g/mol. The van der Waals surface area contributed by atoms with Crippen molar-refractivity contribution in [3.05, 3.63) is 34.1 Å². The van der Waals surface area contributed by atoms with Gasteiger partial charge in [-0.2, -0.15) is 0 Å². The van der Waals surface area contributed by atoms with E-state index in [1.165, 1.54) is 12.1 Å². The standard InChI is InChI=1S/C21H30FN3O4/c1-15(2)14-29-21(26)16-5-9-23(10-6-16)17-7-11-24(12-8-17)20-4-3-18(25(27)28)13-19(20)22/h3-4,13,15-17H,5-12,14H2,1-2H3. The Morgan fingerprint density at radius 1 is 1.21 bits per heavy atom. The number of halogens is 1. The summed E-state index contributed by atoms with van der Waals surface area (Å²) in [4.78, 5) is 26.8. The van der Waals surface area contributed by atoms with Gasteiger partial charge in [-0.1, -0.05) is 13.8 Å².